The molecule has 0 aromatic heterocycles. The Bertz CT molecular complexity index is 1280. The summed E-state index contributed by atoms with van der Waals surface area (Å²) in [4.78, 5) is 12.3. The van der Waals surface area contributed by atoms with Gasteiger partial charge >= 0.3 is 18.6 Å². The van der Waals surface area contributed by atoms with Crippen LogP contribution in [0.2, 0.25) is 0 Å². The minimum Gasteiger partial charge on any atom is -0.406 e. The van der Waals surface area contributed by atoms with Gasteiger partial charge in [0, 0.05) is 12.1 Å². The van der Waals surface area contributed by atoms with E-state index in [9.17, 15) is 31.1 Å². The van der Waals surface area contributed by atoms with Gasteiger partial charge in [0.2, 0.25) is 0 Å². The molecule has 2 N–H and O–H groups in total. The molecule has 36 heavy (non-hydrogen) atoms. The molecule has 3 aromatic rings. The highest BCUT2D eigenvalue weighted by molar-refractivity contribution is 6.03. The predicted molar refractivity (Wildman–Crippen MR) is 118 cm³/mol. The molecule has 6 nitrogen and oxygen atoms in total. The number of halogens is 6. The summed E-state index contributed by atoms with van der Waals surface area (Å²) in [6, 6.07) is 16.0. The number of alkyl halides is 6. The Hall–Kier alpha value is -4.53. The zero-order chi connectivity index (χ0) is 26.3. The lowest BCUT2D eigenvalue weighted by molar-refractivity contribution is -0.274. The molecule has 0 aliphatic rings. The Balaban J connectivity index is 1.79. The molecule has 0 atom stereocenters. The lowest BCUT2D eigenvalue weighted by Crippen LogP contribution is -2.26. The fourth-order valence-corrected chi connectivity index (χ4v) is 2.99. The first-order valence-electron chi connectivity index (χ1n) is 10.1. The van der Waals surface area contributed by atoms with E-state index in [-0.39, 0.29) is 23.4 Å². The number of hydrogen-bond acceptors (Lipinski definition) is 4. The van der Waals surface area contributed by atoms with Crippen LogP contribution in [-0.2, 0) is 12.6 Å². The van der Waals surface area contributed by atoms with Gasteiger partial charge in [-0.2, -0.15) is 23.5 Å². The molecule has 0 aliphatic heterocycles. The number of hydrazone groups is 1. The highest BCUT2D eigenvalue weighted by Crippen LogP contribution is 2.30. The van der Waals surface area contributed by atoms with Crippen molar-refractivity contribution in [1.82, 2.24) is 5.43 Å². The largest absolute Gasteiger partial charge is 0.573 e. The molecule has 186 valence electrons. The summed E-state index contributed by atoms with van der Waals surface area (Å²) in [6.07, 6.45) is -9.44. The Morgan fingerprint density at radius 3 is 2.19 bits per heavy atom. The van der Waals surface area contributed by atoms with Crippen LogP contribution in [0.4, 0.5) is 36.8 Å². The third-order valence-electron chi connectivity index (χ3n) is 4.62. The number of urea groups is 1. The lowest BCUT2D eigenvalue weighted by Gasteiger charge is -2.12. The van der Waals surface area contributed by atoms with E-state index in [0.717, 1.165) is 36.4 Å². The van der Waals surface area contributed by atoms with Crippen LogP contribution in [0.1, 0.15) is 22.3 Å². The number of nitrogens with zero attached hydrogens (tertiary/aromatic N) is 2. The molecule has 0 saturated heterocycles. The summed E-state index contributed by atoms with van der Waals surface area (Å²) in [5, 5.41) is 15.2. The lowest BCUT2D eigenvalue weighted by atomic mass is 9.99. The number of carbonyl (C=O) groups excluding carboxylic acids is 1. The number of benzene rings is 3. The van der Waals surface area contributed by atoms with Gasteiger partial charge in [-0.05, 0) is 59.7 Å². The number of hydrogen-bond donors (Lipinski definition) is 2. The number of ether oxygens (including phenoxy) is 1. The number of anilines is 1. The smallest absolute Gasteiger partial charge is 0.406 e. The summed E-state index contributed by atoms with van der Waals surface area (Å²) < 4.78 is 80.1. The topological polar surface area (TPSA) is 86.5 Å². The molecular weight excluding hydrogens is 490 g/mol. The quantitative estimate of drug-likeness (QED) is 0.236. The molecular formula is C24H16F6N4O2. The van der Waals surface area contributed by atoms with Crippen LogP contribution in [0.5, 0.6) is 5.75 Å². The Labute approximate surface area is 200 Å². The summed E-state index contributed by atoms with van der Waals surface area (Å²) in [6.45, 7) is 0. The van der Waals surface area contributed by atoms with Crippen LogP contribution in [0.25, 0.3) is 0 Å². The van der Waals surface area contributed by atoms with Gasteiger partial charge in [-0.15, -0.1) is 13.2 Å². The summed E-state index contributed by atoms with van der Waals surface area (Å²) in [5.41, 5.74) is 2.59. The molecule has 0 fully saturated rings. The first kappa shape index (κ1) is 26.1. The first-order chi connectivity index (χ1) is 16.9. The molecule has 3 aromatic carbocycles. The van der Waals surface area contributed by atoms with Crippen LogP contribution in [-0.4, -0.2) is 18.1 Å². The van der Waals surface area contributed by atoms with Crippen LogP contribution in [0, 0.1) is 11.3 Å². The van der Waals surface area contributed by atoms with Crippen LogP contribution < -0.4 is 15.5 Å². The van der Waals surface area contributed by atoms with Gasteiger partial charge in [-0.25, -0.2) is 10.2 Å². The van der Waals surface area contributed by atoms with Crippen molar-refractivity contribution in [3.05, 3.63) is 95.1 Å². The van der Waals surface area contributed by atoms with E-state index >= 15 is 0 Å². The Kier molecular flexibility index (Phi) is 7.83. The van der Waals surface area contributed by atoms with E-state index in [2.05, 4.69) is 20.6 Å². The van der Waals surface area contributed by atoms with Gasteiger partial charge in [0.15, 0.2) is 0 Å². The Morgan fingerprint density at radius 1 is 0.944 bits per heavy atom. The van der Waals surface area contributed by atoms with E-state index in [1.165, 1.54) is 24.3 Å². The number of rotatable bonds is 6. The van der Waals surface area contributed by atoms with E-state index in [0.29, 0.717) is 11.1 Å². The number of amides is 2. The van der Waals surface area contributed by atoms with Crippen molar-refractivity contribution in [2.24, 2.45) is 5.10 Å². The molecule has 0 spiro atoms. The summed E-state index contributed by atoms with van der Waals surface area (Å²) in [7, 11) is 0. The monoisotopic (exact) mass is 506 g/mol. The molecule has 12 heteroatoms. The average molecular weight is 506 g/mol. The van der Waals surface area contributed by atoms with Gasteiger partial charge in [-0.1, -0.05) is 24.3 Å². The molecule has 0 heterocycles. The van der Waals surface area contributed by atoms with Crippen molar-refractivity contribution in [1.29, 1.82) is 5.26 Å². The minimum atomic E-state index is -4.87. The van der Waals surface area contributed by atoms with E-state index in [1.807, 2.05) is 6.07 Å². The zero-order valence-electron chi connectivity index (χ0n) is 18.1. The normalized spacial score (nSPS) is 12.0. The van der Waals surface area contributed by atoms with Crippen molar-refractivity contribution >= 4 is 17.4 Å². The molecule has 0 unspecified atom stereocenters. The van der Waals surface area contributed by atoms with Gasteiger partial charge < -0.3 is 10.1 Å². The maximum atomic E-state index is 13.2. The van der Waals surface area contributed by atoms with Crippen molar-refractivity contribution < 1.29 is 35.9 Å². The molecule has 0 saturated carbocycles. The van der Waals surface area contributed by atoms with Crippen LogP contribution in [0.3, 0.4) is 0 Å². The maximum Gasteiger partial charge on any atom is 0.573 e. The van der Waals surface area contributed by atoms with Crippen molar-refractivity contribution in [2.75, 3.05) is 5.32 Å². The highest BCUT2D eigenvalue weighted by atomic mass is 19.4. The fourth-order valence-electron chi connectivity index (χ4n) is 2.99. The molecule has 0 radical (unpaired) electrons. The maximum absolute atomic E-state index is 13.2. The van der Waals surface area contributed by atoms with Crippen molar-refractivity contribution in [3.63, 3.8) is 0 Å². The van der Waals surface area contributed by atoms with Crippen LogP contribution in [0.15, 0.2) is 77.9 Å². The summed E-state index contributed by atoms with van der Waals surface area (Å²) >= 11 is 0. The summed E-state index contributed by atoms with van der Waals surface area (Å²) in [5.74, 6) is -0.485. The van der Waals surface area contributed by atoms with E-state index < -0.39 is 29.9 Å². The standard InChI is InChI=1S/C24H16F6N4O2/c25-23(26,27)18-3-1-2-17(13-18)21(12-15-4-6-16(14-31)7-5-15)33-34-22(35)32-19-8-10-20(11-9-19)36-24(28,29)30/h1-11,13H,12H2,(H2,32,34,35)/b33-21-. The highest BCUT2D eigenvalue weighted by Gasteiger charge is 2.31. The SMILES string of the molecule is N#Cc1ccc(C/C(=N/NC(=O)Nc2ccc(OC(F)(F)F)cc2)c2cccc(C(F)(F)F)c2)cc1. The van der Waals surface area contributed by atoms with Gasteiger partial charge in [0.25, 0.3) is 0 Å². The molecule has 3 rings (SSSR count). The molecule has 2 amide bonds. The van der Waals surface area contributed by atoms with E-state index in [1.54, 1.807) is 12.1 Å². The second-order valence-corrected chi connectivity index (χ2v) is 7.26. The van der Waals surface area contributed by atoms with Gasteiger partial charge in [-0.3, -0.25) is 0 Å². The fraction of sp³-hybridized carbons (Fsp3) is 0.125. The van der Waals surface area contributed by atoms with E-state index in [4.69, 9.17) is 5.26 Å². The Morgan fingerprint density at radius 2 is 1.61 bits per heavy atom. The van der Waals surface area contributed by atoms with Crippen molar-refractivity contribution in [2.45, 2.75) is 19.0 Å². The second-order valence-electron chi connectivity index (χ2n) is 7.26. The van der Waals surface area contributed by atoms with Gasteiger partial charge in [0.1, 0.15) is 5.75 Å². The first-order valence-corrected chi connectivity index (χ1v) is 10.1. The predicted octanol–water partition coefficient (Wildman–Crippen LogP) is 6.24. The number of nitriles is 1. The second kappa shape index (κ2) is 10.8. The molecule has 0 aliphatic carbocycles. The average Bonchev–Trinajstić information content (AvgIpc) is 2.82. The van der Waals surface area contributed by atoms with Gasteiger partial charge in [0.05, 0.1) is 22.9 Å². The minimum absolute atomic E-state index is 0.0246. The van der Waals surface area contributed by atoms with Crippen LogP contribution >= 0.6 is 0 Å². The molecule has 0 bridgehead atoms. The zero-order valence-corrected chi connectivity index (χ0v) is 18.1. The third-order valence-corrected chi connectivity index (χ3v) is 4.62. The number of carbonyl (C=O) groups is 1. The third kappa shape index (κ3) is 7.76. The van der Waals surface area contributed by atoms with Crippen molar-refractivity contribution in [3.8, 4) is 11.8 Å². The number of nitrogens with one attached hydrogen (secondary N) is 2.